The van der Waals surface area contributed by atoms with E-state index in [1.54, 1.807) is 25.1 Å². The Balaban J connectivity index is 1.36. The molecule has 2 aromatic heterocycles. The lowest BCUT2D eigenvalue weighted by atomic mass is 9.97. The molecule has 4 rings (SSSR count). The number of thiophene rings is 1. The van der Waals surface area contributed by atoms with Crippen LogP contribution in [0.5, 0.6) is 0 Å². The number of hydrogen-bond acceptors (Lipinski definition) is 9. The Labute approximate surface area is 205 Å². The number of sulfonamides is 1. The summed E-state index contributed by atoms with van der Waals surface area (Å²) in [6.45, 7) is 1.98. The Morgan fingerprint density at radius 1 is 1.12 bits per heavy atom. The maximum absolute atomic E-state index is 12.7. The zero-order valence-electron chi connectivity index (χ0n) is 18.0. The number of carbonyl (C=O) groups is 1. The van der Waals surface area contributed by atoms with Crippen LogP contribution >= 0.6 is 22.9 Å². The van der Waals surface area contributed by atoms with Crippen molar-refractivity contribution in [3.05, 3.63) is 40.7 Å². The Morgan fingerprint density at radius 3 is 2.38 bits per heavy atom. The van der Waals surface area contributed by atoms with Gasteiger partial charge in [-0.15, -0.1) is 16.4 Å². The van der Waals surface area contributed by atoms with E-state index in [4.69, 9.17) is 16.0 Å². The van der Waals surface area contributed by atoms with Crippen molar-refractivity contribution in [1.82, 2.24) is 14.5 Å². The van der Waals surface area contributed by atoms with Gasteiger partial charge in [-0.1, -0.05) is 23.6 Å². The van der Waals surface area contributed by atoms with E-state index in [2.05, 4.69) is 15.5 Å². The molecular weight excluding hydrogens is 524 g/mol. The number of sulfone groups is 1. The van der Waals surface area contributed by atoms with E-state index in [0.29, 0.717) is 22.7 Å². The molecule has 1 fully saturated rings. The van der Waals surface area contributed by atoms with Gasteiger partial charge in [0.25, 0.3) is 10.0 Å². The molecular formula is C20H21ClN4O6S3. The van der Waals surface area contributed by atoms with E-state index in [1.807, 2.05) is 0 Å². The van der Waals surface area contributed by atoms with Gasteiger partial charge < -0.3 is 4.42 Å². The first kappa shape index (κ1) is 24.8. The molecule has 0 saturated carbocycles. The van der Waals surface area contributed by atoms with Gasteiger partial charge in [0.15, 0.2) is 9.84 Å². The third-order valence-electron chi connectivity index (χ3n) is 5.46. The van der Waals surface area contributed by atoms with Gasteiger partial charge in [-0.2, -0.15) is 4.31 Å². The van der Waals surface area contributed by atoms with Crippen LogP contribution in [0.2, 0.25) is 4.34 Å². The second kappa shape index (κ2) is 9.74. The number of nitrogens with zero attached hydrogens (tertiary/aromatic N) is 3. The van der Waals surface area contributed by atoms with Crippen LogP contribution in [0.25, 0.3) is 11.5 Å². The molecule has 182 valence electrons. The maximum Gasteiger partial charge on any atom is 0.322 e. The summed E-state index contributed by atoms with van der Waals surface area (Å²) in [5, 5.41) is 10.3. The van der Waals surface area contributed by atoms with Crippen molar-refractivity contribution in [2.45, 2.75) is 28.9 Å². The van der Waals surface area contributed by atoms with Gasteiger partial charge in [0.2, 0.25) is 11.8 Å². The molecule has 0 atom stereocenters. The molecule has 1 aliphatic heterocycles. The number of anilines is 1. The lowest BCUT2D eigenvalue weighted by Crippen LogP contribution is -2.41. The minimum atomic E-state index is -3.63. The molecule has 0 spiro atoms. The monoisotopic (exact) mass is 544 g/mol. The van der Waals surface area contributed by atoms with Gasteiger partial charge in [0.1, 0.15) is 4.21 Å². The van der Waals surface area contributed by atoms with Crippen LogP contribution < -0.4 is 5.32 Å². The second-order valence-electron chi connectivity index (χ2n) is 7.57. The van der Waals surface area contributed by atoms with Crippen LogP contribution in [0.15, 0.2) is 49.9 Å². The van der Waals surface area contributed by atoms with Crippen LogP contribution in [0, 0.1) is 5.92 Å². The first-order valence-electron chi connectivity index (χ1n) is 10.3. The molecule has 1 N–H and O–H groups in total. The average Bonchev–Trinajstić information content (AvgIpc) is 3.49. The molecule has 0 bridgehead atoms. The fourth-order valence-electron chi connectivity index (χ4n) is 3.49. The number of aromatic nitrogens is 2. The smallest absolute Gasteiger partial charge is 0.322 e. The number of hydrogen-bond donors (Lipinski definition) is 1. The number of halogens is 1. The van der Waals surface area contributed by atoms with Crippen molar-refractivity contribution < 1.29 is 26.0 Å². The van der Waals surface area contributed by atoms with Crippen LogP contribution in [-0.4, -0.2) is 56.1 Å². The zero-order chi connectivity index (χ0) is 24.5. The molecule has 0 radical (unpaired) electrons. The first-order valence-corrected chi connectivity index (χ1v) is 14.6. The number of rotatable bonds is 7. The maximum atomic E-state index is 12.7. The predicted octanol–water partition coefficient (Wildman–Crippen LogP) is 3.28. The normalized spacial score (nSPS) is 15.9. The molecule has 0 unspecified atom stereocenters. The average molecular weight is 545 g/mol. The summed E-state index contributed by atoms with van der Waals surface area (Å²) in [7, 11) is -6.95. The fourth-order valence-corrected chi connectivity index (χ4v) is 7.48. The minimum Gasteiger partial charge on any atom is -0.403 e. The minimum absolute atomic E-state index is 0.00365. The Bertz CT molecular complexity index is 1390. The van der Waals surface area contributed by atoms with E-state index in [1.165, 1.54) is 22.5 Å². The van der Waals surface area contributed by atoms with Crippen molar-refractivity contribution >= 4 is 54.7 Å². The predicted molar refractivity (Wildman–Crippen MR) is 127 cm³/mol. The molecule has 3 aromatic rings. The number of benzene rings is 1. The quantitative estimate of drug-likeness (QED) is 0.478. The first-order chi connectivity index (χ1) is 16.1. The standard InChI is InChI=1S/C20H21ClN4O6S3/c1-2-33(27,28)15-5-3-14(4-6-15)19-23-24-20(31-19)22-18(26)13-9-11-25(12-10-13)34(29,30)17-8-7-16(21)32-17/h3-8,13H,2,9-12H2,1H3,(H,22,24,26). The van der Waals surface area contributed by atoms with Crippen LogP contribution in [0.3, 0.4) is 0 Å². The topological polar surface area (TPSA) is 140 Å². The molecule has 14 heteroatoms. The molecule has 3 heterocycles. The summed E-state index contributed by atoms with van der Waals surface area (Å²) >= 11 is 6.86. The highest BCUT2D eigenvalue weighted by atomic mass is 35.5. The Hall–Kier alpha value is -2.32. The van der Waals surface area contributed by atoms with Gasteiger partial charge in [0, 0.05) is 24.6 Å². The summed E-state index contributed by atoms with van der Waals surface area (Å²) in [5.74, 6) is -0.620. The Morgan fingerprint density at radius 2 is 1.79 bits per heavy atom. The molecule has 34 heavy (non-hydrogen) atoms. The van der Waals surface area contributed by atoms with Crippen LogP contribution in [-0.2, 0) is 24.7 Å². The highest BCUT2D eigenvalue weighted by molar-refractivity contribution is 7.91. The van der Waals surface area contributed by atoms with Crippen molar-refractivity contribution in [3.63, 3.8) is 0 Å². The summed E-state index contributed by atoms with van der Waals surface area (Å²) in [4.78, 5) is 12.8. The summed E-state index contributed by atoms with van der Waals surface area (Å²) in [6.07, 6.45) is 0.692. The lowest BCUT2D eigenvalue weighted by Gasteiger charge is -2.29. The van der Waals surface area contributed by atoms with Crippen molar-refractivity contribution in [2.75, 3.05) is 24.2 Å². The van der Waals surface area contributed by atoms with Crippen molar-refractivity contribution in [1.29, 1.82) is 0 Å². The van der Waals surface area contributed by atoms with Gasteiger partial charge in [-0.3, -0.25) is 10.1 Å². The number of nitrogens with one attached hydrogen (secondary N) is 1. The van der Waals surface area contributed by atoms with Crippen LogP contribution in [0.4, 0.5) is 6.01 Å². The summed E-state index contributed by atoms with van der Waals surface area (Å²) < 4.78 is 56.7. The van der Waals surface area contributed by atoms with Crippen LogP contribution in [0.1, 0.15) is 19.8 Å². The number of piperidine rings is 1. The van der Waals surface area contributed by atoms with E-state index in [0.717, 1.165) is 11.3 Å². The van der Waals surface area contributed by atoms with Gasteiger partial charge in [-0.25, -0.2) is 16.8 Å². The van der Waals surface area contributed by atoms with Gasteiger partial charge in [0.05, 0.1) is 15.0 Å². The molecule has 1 aliphatic rings. The molecule has 1 saturated heterocycles. The van der Waals surface area contributed by atoms with E-state index in [-0.39, 0.29) is 45.8 Å². The number of amides is 1. The van der Waals surface area contributed by atoms with E-state index < -0.39 is 25.8 Å². The van der Waals surface area contributed by atoms with E-state index >= 15 is 0 Å². The fraction of sp³-hybridized carbons (Fsp3) is 0.350. The molecule has 0 aliphatic carbocycles. The largest absolute Gasteiger partial charge is 0.403 e. The summed E-state index contributed by atoms with van der Waals surface area (Å²) in [6, 6.07) is 8.96. The number of carbonyl (C=O) groups excluding carboxylic acids is 1. The SMILES string of the molecule is CCS(=O)(=O)c1ccc(-c2nnc(NC(=O)C3CCN(S(=O)(=O)c4ccc(Cl)s4)CC3)o2)cc1. The second-order valence-corrected chi connectivity index (χ2v) is 13.7. The third-order valence-corrected chi connectivity index (χ3v) is 10.8. The van der Waals surface area contributed by atoms with Gasteiger partial charge >= 0.3 is 6.01 Å². The zero-order valence-corrected chi connectivity index (χ0v) is 21.2. The molecule has 1 amide bonds. The highest BCUT2D eigenvalue weighted by Crippen LogP contribution is 2.31. The Kier molecular flexibility index (Phi) is 7.10. The molecule has 10 nitrogen and oxygen atoms in total. The highest BCUT2D eigenvalue weighted by Gasteiger charge is 2.33. The van der Waals surface area contributed by atoms with Gasteiger partial charge in [-0.05, 0) is 49.2 Å². The van der Waals surface area contributed by atoms with Crippen molar-refractivity contribution in [2.24, 2.45) is 5.92 Å². The lowest BCUT2D eigenvalue weighted by molar-refractivity contribution is -0.121. The molecule has 1 aromatic carbocycles. The van der Waals surface area contributed by atoms with Crippen molar-refractivity contribution in [3.8, 4) is 11.5 Å². The summed E-state index contributed by atoms with van der Waals surface area (Å²) in [5.41, 5.74) is 0.509. The van der Waals surface area contributed by atoms with E-state index in [9.17, 15) is 21.6 Å². The third kappa shape index (κ3) is 5.18.